The Morgan fingerprint density at radius 2 is 1.92 bits per heavy atom. The Morgan fingerprint density at radius 3 is 2.40 bits per heavy atom. The summed E-state index contributed by atoms with van der Waals surface area (Å²) in [5.41, 5.74) is 1.25. The van der Waals surface area contributed by atoms with E-state index in [1.54, 1.807) is 19.9 Å². The van der Waals surface area contributed by atoms with E-state index in [-0.39, 0.29) is 18.1 Å². The second kappa shape index (κ2) is 7.57. The Bertz CT molecular complexity index is 845. The first kappa shape index (κ1) is 18.1. The largest absolute Gasteiger partial charge is 0.463 e. The summed E-state index contributed by atoms with van der Waals surface area (Å²) in [7, 11) is 0. The van der Waals surface area contributed by atoms with Crippen molar-refractivity contribution in [3.8, 4) is 0 Å². The minimum absolute atomic E-state index is 0.0701. The van der Waals surface area contributed by atoms with Gasteiger partial charge in [0.2, 0.25) is 0 Å². The highest BCUT2D eigenvalue weighted by molar-refractivity contribution is 5.99. The van der Waals surface area contributed by atoms with E-state index in [0.29, 0.717) is 28.2 Å². The Morgan fingerprint density at radius 1 is 1.28 bits per heavy atom. The summed E-state index contributed by atoms with van der Waals surface area (Å²) >= 11 is 0. The number of ketones is 1. The van der Waals surface area contributed by atoms with E-state index in [1.165, 1.54) is 37.3 Å². The summed E-state index contributed by atoms with van der Waals surface area (Å²) < 4.78 is 10.5. The van der Waals surface area contributed by atoms with E-state index in [4.69, 9.17) is 9.15 Å². The molecule has 25 heavy (non-hydrogen) atoms. The predicted molar refractivity (Wildman–Crippen MR) is 90.3 cm³/mol. The van der Waals surface area contributed by atoms with E-state index in [9.17, 15) is 19.7 Å². The molecule has 7 nitrogen and oxygen atoms in total. The van der Waals surface area contributed by atoms with Crippen molar-refractivity contribution in [1.29, 1.82) is 0 Å². The van der Waals surface area contributed by atoms with E-state index < -0.39 is 10.9 Å². The van der Waals surface area contributed by atoms with Crippen LogP contribution in [0.2, 0.25) is 0 Å². The van der Waals surface area contributed by atoms with Crippen molar-refractivity contribution >= 4 is 23.0 Å². The number of furan rings is 1. The fourth-order valence-corrected chi connectivity index (χ4v) is 2.33. The number of nitro groups is 1. The summed E-state index contributed by atoms with van der Waals surface area (Å²) in [6, 6.07) is 7.22. The molecule has 0 radical (unpaired) electrons. The first-order valence-corrected chi connectivity index (χ1v) is 7.58. The Labute approximate surface area is 144 Å². The fourth-order valence-electron chi connectivity index (χ4n) is 2.33. The highest BCUT2D eigenvalue weighted by atomic mass is 16.6. The number of nitrogens with zero attached hydrogens (tertiary/aromatic N) is 1. The second-order valence-corrected chi connectivity index (χ2v) is 5.25. The average molecular weight is 343 g/mol. The average Bonchev–Trinajstić information content (AvgIpc) is 2.95. The van der Waals surface area contributed by atoms with Crippen LogP contribution < -0.4 is 0 Å². The van der Waals surface area contributed by atoms with Crippen LogP contribution in [0.15, 0.2) is 40.8 Å². The molecule has 0 amide bonds. The van der Waals surface area contributed by atoms with Gasteiger partial charge in [-0.15, -0.1) is 0 Å². The lowest BCUT2D eigenvalue weighted by atomic mass is 10.0. The molecule has 0 saturated carbocycles. The number of hydrogen-bond donors (Lipinski definition) is 0. The summed E-state index contributed by atoms with van der Waals surface area (Å²) in [6.07, 6.45) is 1.24. The first-order valence-electron chi connectivity index (χ1n) is 7.58. The molecule has 1 aromatic carbocycles. The van der Waals surface area contributed by atoms with Gasteiger partial charge < -0.3 is 9.15 Å². The molecule has 0 fully saturated rings. The SMILES string of the molecule is CCOC(=O)/C=C(/c1ccc([N+](=O)[O-])cc1)c1cc(C(C)=O)c(C)o1. The zero-order valence-corrected chi connectivity index (χ0v) is 14.1. The highest BCUT2D eigenvalue weighted by Gasteiger charge is 2.18. The van der Waals surface area contributed by atoms with Crippen LogP contribution in [0.1, 0.15) is 41.3 Å². The van der Waals surface area contributed by atoms with Gasteiger partial charge in [-0.1, -0.05) is 0 Å². The van der Waals surface area contributed by atoms with Crippen molar-refractivity contribution in [2.24, 2.45) is 0 Å². The lowest BCUT2D eigenvalue weighted by Crippen LogP contribution is -2.01. The smallest absolute Gasteiger partial charge is 0.331 e. The maximum absolute atomic E-state index is 11.9. The van der Waals surface area contributed by atoms with Crippen LogP contribution in [0.4, 0.5) is 5.69 Å². The predicted octanol–water partition coefficient (Wildman–Crippen LogP) is 3.69. The van der Waals surface area contributed by atoms with Gasteiger partial charge in [0.25, 0.3) is 5.69 Å². The molecular formula is C18H17NO6. The topological polar surface area (TPSA) is 99.6 Å². The van der Waals surface area contributed by atoms with Gasteiger partial charge in [0.1, 0.15) is 11.5 Å². The van der Waals surface area contributed by atoms with Gasteiger partial charge in [-0.05, 0) is 44.5 Å². The van der Waals surface area contributed by atoms with Crippen LogP contribution in [0, 0.1) is 17.0 Å². The first-order chi connectivity index (χ1) is 11.8. The van der Waals surface area contributed by atoms with Crippen LogP contribution in [-0.2, 0) is 9.53 Å². The molecular weight excluding hydrogens is 326 g/mol. The third kappa shape index (κ3) is 4.20. The van der Waals surface area contributed by atoms with Gasteiger partial charge in [0.05, 0.1) is 17.1 Å². The number of esters is 1. The lowest BCUT2D eigenvalue weighted by molar-refractivity contribution is -0.384. The second-order valence-electron chi connectivity index (χ2n) is 5.25. The van der Waals surface area contributed by atoms with Gasteiger partial charge in [-0.25, -0.2) is 4.79 Å². The van der Waals surface area contributed by atoms with E-state index in [1.807, 2.05) is 0 Å². The number of hydrogen-bond acceptors (Lipinski definition) is 6. The molecule has 1 heterocycles. The van der Waals surface area contributed by atoms with Crippen molar-refractivity contribution in [3.05, 3.63) is 69.2 Å². The minimum Gasteiger partial charge on any atom is -0.463 e. The van der Waals surface area contributed by atoms with Crippen LogP contribution in [0.5, 0.6) is 0 Å². The van der Waals surface area contributed by atoms with Crippen LogP contribution in [0.3, 0.4) is 0 Å². The van der Waals surface area contributed by atoms with Gasteiger partial charge in [-0.3, -0.25) is 14.9 Å². The summed E-state index contributed by atoms with van der Waals surface area (Å²) in [5.74, 6) is 0.00439. The Hall–Kier alpha value is -3.22. The van der Waals surface area contributed by atoms with Gasteiger partial charge in [-0.2, -0.15) is 0 Å². The van der Waals surface area contributed by atoms with Gasteiger partial charge >= 0.3 is 5.97 Å². The van der Waals surface area contributed by atoms with E-state index in [0.717, 1.165) is 0 Å². The van der Waals surface area contributed by atoms with Crippen molar-refractivity contribution in [2.75, 3.05) is 6.61 Å². The zero-order chi connectivity index (χ0) is 18.6. The molecule has 130 valence electrons. The molecule has 1 aromatic heterocycles. The van der Waals surface area contributed by atoms with Crippen molar-refractivity contribution in [1.82, 2.24) is 0 Å². The van der Waals surface area contributed by atoms with Crippen molar-refractivity contribution in [3.63, 3.8) is 0 Å². The monoisotopic (exact) mass is 343 g/mol. The molecule has 0 aliphatic heterocycles. The van der Waals surface area contributed by atoms with E-state index >= 15 is 0 Å². The lowest BCUT2D eigenvalue weighted by Gasteiger charge is -2.05. The third-order valence-corrected chi connectivity index (χ3v) is 3.50. The number of carbonyl (C=O) groups is 2. The van der Waals surface area contributed by atoms with Crippen LogP contribution >= 0.6 is 0 Å². The molecule has 0 aliphatic carbocycles. The molecule has 0 aliphatic rings. The van der Waals surface area contributed by atoms with Crippen LogP contribution in [-0.4, -0.2) is 23.3 Å². The molecule has 0 bridgehead atoms. The summed E-state index contributed by atoms with van der Waals surface area (Å²) in [5, 5.41) is 10.8. The van der Waals surface area contributed by atoms with Gasteiger partial charge in [0.15, 0.2) is 5.78 Å². The number of nitro benzene ring substituents is 1. The molecule has 2 rings (SSSR count). The quantitative estimate of drug-likeness (QED) is 0.261. The molecule has 0 atom stereocenters. The maximum Gasteiger partial charge on any atom is 0.331 e. The highest BCUT2D eigenvalue weighted by Crippen LogP contribution is 2.29. The number of ether oxygens (including phenoxy) is 1. The van der Waals surface area contributed by atoms with Gasteiger partial charge in [0, 0.05) is 23.8 Å². The molecule has 0 saturated heterocycles. The Balaban J connectivity index is 2.54. The Kier molecular flexibility index (Phi) is 5.49. The summed E-state index contributed by atoms with van der Waals surface area (Å²) in [4.78, 5) is 33.8. The molecule has 0 N–H and O–H groups in total. The third-order valence-electron chi connectivity index (χ3n) is 3.50. The fraction of sp³-hybridized carbons (Fsp3) is 0.222. The van der Waals surface area contributed by atoms with Crippen molar-refractivity contribution < 1.29 is 23.7 Å². The standard InChI is InChI=1S/C18H17NO6/c1-4-24-18(21)10-16(13-5-7-14(8-6-13)19(22)23)17-9-15(11(2)20)12(3)25-17/h5-10H,4H2,1-3H3/b16-10-. The minimum atomic E-state index is -0.575. The molecule has 7 heteroatoms. The normalized spacial score (nSPS) is 11.2. The number of Topliss-reactive ketones (excluding diaryl/α,β-unsaturated/α-hetero) is 1. The molecule has 0 spiro atoms. The van der Waals surface area contributed by atoms with E-state index in [2.05, 4.69) is 0 Å². The molecule has 2 aromatic rings. The molecule has 0 unspecified atom stereocenters. The number of rotatable bonds is 6. The van der Waals surface area contributed by atoms with Crippen LogP contribution in [0.25, 0.3) is 5.57 Å². The number of non-ortho nitro benzene ring substituents is 1. The number of aryl methyl sites for hydroxylation is 1. The maximum atomic E-state index is 11.9. The number of carbonyl (C=O) groups excluding carboxylic acids is 2. The van der Waals surface area contributed by atoms with Crippen molar-refractivity contribution in [2.45, 2.75) is 20.8 Å². The number of benzene rings is 1. The summed E-state index contributed by atoms with van der Waals surface area (Å²) in [6.45, 7) is 4.96. The zero-order valence-electron chi connectivity index (χ0n) is 14.1.